The number of carbonyl (C=O) groups is 2. The Kier molecular flexibility index (Phi) is 5.19. The Morgan fingerprint density at radius 2 is 2.00 bits per heavy atom. The molecule has 0 aromatic heterocycles. The number of nitrogens with one attached hydrogen (secondary N) is 1. The van der Waals surface area contributed by atoms with E-state index >= 15 is 0 Å². The summed E-state index contributed by atoms with van der Waals surface area (Å²) >= 11 is 0. The van der Waals surface area contributed by atoms with Crippen LogP contribution in [0, 0.1) is 5.41 Å². The second-order valence-electron chi connectivity index (χ2n) is 6.52. The van der Waals surface area contributed by atoms with Crippen LogP contribution in [-0.4, -0.2) is 36.6 Å². The number of nitrogens with zero attached hydrogens (tertiary/aromatic N) is 1. The summed E-state index contributed by atoms with van der Waals surface area (Å²) in [5.74, 6) is 0.00766. The second-order valence-corrected chi connectivity index (χ2v) is 6.52. The molecule has 0 spiro atoms. The Morgan fingerprint density at radius 3 is 2.55 bits per heavy atom. The van der Waals surface area contributed by atoms with E-state index in [0.29, 0.717) is 24.9 Å². The van der Waals surface area contributed by atoms with Crippen LogP contribution in [0.4, 0.5) is 5.69 Å². The van der Waals surface area contributed by atoms with E-state index in [1.807, 2.05) is 26.0 Å². The first-order chi connectivity index (χ1) is 10.4. The number of hydrogen-bond donors (Lipinski definition) is 2. The van der Waals surface area contributed by atoms with Gasteiger partial charge in [-0.3, -0.25) is 9.59 Å². The van der Waals surface area contributed by atoms with Gasteiger partial charge in [0, 0.05) is 37.4 Å². The lowest BCUT2D eigenvalue weighted by Gasteiger charge is -2.23. The van der Waals surface area contributed by atoms with Crippen molar-refractivity contribution in [3.63, 3.8) is 0 Å². The molecule has 5 heteroatoms. The van der Waals surface area contributed by atoms with Gasteiger partial charge < -0.3 is 15.3 Å². The van der Waals surface area contributed by atoms with Crippen molar-refractivity contribution in [3.05, 3.63) is 29.8 Å². The van der Waals surface area contributed by atoms with Crippen LogP contribution in [0.5, 0.6) is 0 Å². The molecule has 0 saturated carbocycles. The fourth-order valence-corrected chi connectivity index (χ4v) is 2.53. The van der Waals surface area contributed by atoms with Gasteiger partial charge in [0.05, 0.1) is 0 Å². The van der Waals surface area contributed by atoms with Crippen molar-refractivity contribution in [1.29, 1.82) is 0 Å². The molecule has 120 valence electrons. The predicted molar refractivity (Wildman–Crippen MR) is 85.8 cm³/mol. The average Bonchev–Trinajstić information content (AvgIpc) is 2.91. The molecule has 0 unspecified atom stereocenters. The van der Waals surface area contributed by atoms with Gasteiger partial charge in [-0.25, -0.2) is 0 Å². The molecule has 1 aliphatic rings. The molecule has 1 aromatic rings. The van der Waals surface area contributed by atoms with Crippen LogP contribution >= 0.6 is 0 Å². The van der Waals surface area contributed by atoms with Crippen molar-refractivity contribution in [1.82, 2.24) is 5.32 Å². The molecule has 1 aromatic carbocycles. The topological polar surface area (TPSA) is 69.6 Å². The first-order valence-electron chi connectivity index (χ1n) is 7.72. The predicted octanol–water partition coefficient (Wildman–Crippen LogP) is 1.95. The standard InChI is InChI=1S/C17H24N2O3/c1-17(2,9-11-20)12-18-16(22)13-5-7-14(8-6-13)19-10-3-4-15(19)21/h5-8,20H,3-4,9-12H2,1-2H3,(H,18,22). The number of hydrogen-bond acceptors (Lipinski definition) is 3. The van der Waals surface area contributed by atoms with E-state index in [9.17, 15) is 9.59 Å². The Hall–Kier alpha value is -1.88. The lowest BCUT2D eigenvalue weighted by molar-refractivity contribution is -0.117. The van der Waals surface area contributed by atoms with Crippen molar-refractivity contribution in [2.45, 2.75) is 33.1 Å². The van der Waals surface area contributed by atoms with Gasteiger partial charge in [-0.1, -0.05) is 13.8 Å². The van der Waals surface area contributed by atoms with E-state index in [0.717, 1.165) is 18.7 Å². The molecule has 0 atom stereocenters. The minimum atomic E-state index is -0.134. The number of benzene rings is 1. The summed E-state index contributed by atoms with van der Waals surface area (Å²) in [4.78, 5) is 25.6. The maximum atomic E-state index is 12.1. The monoisotopic (exact) mass is 304 g/mol. The lowest BCUT2D eigenvalue weighted by atomic mass is 9.89. The van der Waals surface area contributed by atoms with Crippen LogP contribution in [0.3, 0.4) is 0 Å². The van der Waals surface area contributed by atoms with Gasteiger partial charge in [0.1, 0.15) is 0 Å². The van der Waals surface area contributed by atoms with Gasteiger partial charge in [0.15, 0.2) is 0 Å². The van der Waals surface area contributed by atoms with Crippen LogP contribution in [0.1, 0.15) is 43.5 Å². The summed E-state index contributed by atoms with van der Waals surface area (Å²) in [7, 11) is 0. The zero-order valence-electron chi connectivity index (χ0n) is 13.3. The molecule has 1 fully saturated rings. The molecule has 1 heterocycles. The number of rotatable bonds is 6. The van der Waals surface area contributed by atoms with Crippen LogP contribution in [0.25, 0.3) is 0 Å². The number of anilines is 1. The molecule has 5 nitrogen and oxygen atoms in total. The van der Waals surface area contributed by atoms with Gasteiger partial charge in [-0.2, -0.15) is 0 Å². The molecule has 2 amide bonds. The average molecular weight is 304 g/mol. The van der Waals surface area contributed by atoms with Gasteiger partial charge in [-0.15, -0.1) is 0 Å². The number of carbonyl (C=O) groups excluding carboxylic acids is 2. The number of aliphatic hydroxyl groups excluding tert-OH is 1. The maximum absolute atomic E-state index is 12.1. The van der Waals surface area contributed by atoms with E-state index < -0.39 is 0 Å². The summed E-state index contributed by atoms with van der Waals surface area (Å²) in [5.41, 5.74) is 1.29. The number of aliphatic hydroxyl groups is 1. The van der Waals surface area contributed by atoms with Crippen LogP contribution in [0.15, 0.2) is 24.3 Å². The summed E-state index contributed by atoms with van der Waals surface area (Å²) < 4.78 is 0. The zero-order chi connectivity index (χ0) is 16.2. The molecule has 22 heavy (non-hydrogen) atoms. The highest BCUT2D eigenvalue weighted by Gasteiger charge is 2.22. The lowest BCUT2D eigenvalue weighted by Crippen LogP contribution is -2.34. The maximum Gasteiger partial charge on any atom is 0.251 e. The SMILES string of the molecule is CC(C)(CCO)CNC(=O)c1ccc(N2CCCC2=O)cc1. The van der Waals surface area contributed by atoms with E-state index in [2.05, 4.69) is 5.32 Å². The first-order valence-corrected chi connectivity index (χ1v) is 7.72. The molecule has 0 radical (unpaired) electrons. The smallest absolute Gasteiger partial charge is 0.251 e. The molecule has 1 saturated heterocycles. The van der Waals surface area contributed by atoms with E-state index in [1.54, 1.807) is 17.0 Å². The Balaban J connectivity index is 1.95. The third kappa shape index (κ3) is 4.07. The Bertz CT molecular complexity index is 537. The van der Waals surface area contributed by atoms with Crippen molar-refractivity contribution in [3.8, 4) is 0 Å². The van der Waals surface area contributed by atoms with Gasteiger partial charge in [-0.05, 0) is 42.5 Å². The van der Waals surface area contributed by atoms with E-state index in [-0.39, 0.29) is 23.8 Å². The molecule has 0 bridgehead atoms. The summed E-state index contributed by atoms with van der Waals surface area (Å²) in [6, 6.07) is 7.12. The Labute approximate surface area is 131 Å². The molecular weight excluding hydrogens is 280 g/mol. The van der Waals surface area contributed by atoms with Crippen LogP contribution < -0.4 is 10.2 Å². The minimum absolute atomic E-state index is 0.113. The molecule has 1 aliphatic heterocycles. The highest BCUT2D eigenvalue weighted by atomic mass is 16.3. The molecule has 0 aliphatic carbocycles. The first kappa shape index (κ1) is 16.5. The minimum Gasteiger partial charge on any atom is -0.396 e. The fourth-order valence-electron chi connectivity index (χ4n) is 2.53. The normalized spacial score (nSPS) is 15.2. The molecular formula is C17H24N2O3. The number of amides is 2. The molecule has 2 N–H and O–H groups in total. The van der Waals surface area contributed by atoms with Crippen molar-refractivity contribution in [2.24, 2.45) is 5.41 Å². The summed E-state index contributed by atoms with van der Waals surface area (Å²) in [6.07, 6.45) is 2.13. The van der Waals surface area contributed by atoms with Crippen molar-refractivity contribution < 1.29 is 14.7 Å². The van der Waals surface area contributed by atoms with Crippen molar-refractivity contribution >= 4 is 17.5 Å². The second kappa shape index (κ2) is 6.92. The van der Waals surface area contributed by atoms with Crippen LogP contribution in [0.2, 0.25) is 0 Å². The third-order valence-corrected chi connectivity index (χ3v) is 4.03. The Morgan fingerprint density at radius 1 is 1.32 bits per heavy atom. The summed E-state index contributed by atoms with van der Waals surface area (Å²) in [6.45, 7) is 5.39. The summed E-state index contributed by atoms with van der Waals surface area (Å²) in [5, 5.41) is 11.9. The van der Waals surface area contributed by atoms with E-state index in [1.165, 1.54) is 0 Å². The van der Waals surface area contributed by atoms with Gasteiger partial charge in [0.2, 0.25) is 5.91 Å². The van der Waals surface area contributed by atoms with E-state index in [4.69, 9.17) is 5.11 Å². The van der Waals surface area contributed by atoms with Crippen LogP contribution in [-0.2, 0) is 4.79 Å². The van der Waals surface area contributed by atoms with Gasteiger partial charge >= 0.3 is 0 Å². The van der Waals surface area contributed by atoms with Gasteiger partial charge in [0.25, 0.3) is 5.91 Å². The third-order valence-electron chi connectivity index (χ3n) is 4.03. The fraction of sp³-hybridized carbons (Fsp3) is 0.529. The largest absolute Gasteiger partial charge is 0.396 e. The van der Waals surface area contributed by atoms with Crippen molar-refractivity contribution in [2.75, 3.05) is 24.6 Å². The zero-order valence-corrected chi connectivity index (χ0v) is 13.3. The molecule has 2 rings (SSSR count). The highest BCUT2D eigenvalue weighted by molar-refractivity contribution is 5.97. The highest BCUT2D eigenvalue weighted by Crippen LogP contribution is 2.22. The quantitative estimate of drug-likeness (QED) is 0.844.